The maximum absolute atomic E-state index is 13.2. The topological polar surface area (TPSA) is 51.0 Å². The van der Waals surface area contributed by atoms with Crippen LogP contribution in [0.2, 0.25) is 0 Å². The summed E-state index contributed by atoms with van der Waals surface area (Å²) in [7, 11) is 0. The zero-order valence-electron chi connectivity index (χ0n) is 18.2. The number of ether oxygens (including phenoxy) is 1. The number of halogens is 5. The molecule has 0 saturated heterocycles. The van der Waals surface area contributed by atoms with E-state index in [0.29, 0.717) is 28.6 Å². The van der Waals surface area contributed by atoms with Crippen LogP contribution in [0, 0.1) is 12.7 Å². The number of allylic oxidation sites excluding steroid dienone is 3. The van der Waals surface area contributed by atoms with E-state index in [1.165, 1.54) is 19.1 Å². The van der Waals surface area contributed by atoms with Gasteiger partial charge in [-0.1, -0.05) is 25.4 Å². The number of nitrogens with zero attached hydrogens (tertiary/aromatic N) is 1. The first-order valence-corrected chi connectivity index (χ1v) is 10.1. The molecule has 3 rings (SSSR count). The van der Waals surface area contributed by atoms with Crippen LogP contribution in [0.3, 0.4) is 0 Å². The standard InChI is InChI=1S/C21H17ClF4N2O2.C2H6/c1-11(10-18(12(2)22)30-21(24,25)26)16-8-9-17(29-16)20-27-13(3)19(28-20)14-4-6-15(23)7-5-14;1-2/h4-10H,1-3H3,(H,27,28);1-2H3/b11-10+,18-12-;. The molecule has 0 spiro atoms. The van der Waals surface area contributed by atoms with E-state index in [4.69, 9.17) is 16.0 Å². The molecule has 0 aliphatic heterocycles. The second-order valence-electron chi connectivity index (χ2n) is 6.50. The van der Waals surface area contributed by atoms with Crippen molar-refractivity contribution in [3.8, 4) is 22.8 Å². The van der Waals surface area contributed by atoms with Gasteiger partial charge in [-0.15, -0.1) is 13.2 Å². The molecule has 1 aromatic carbocycles. The molecular formula is C23H23ClF4N2O2. The summed E-state index contributed by atoms with van der Waals surface area (Å²) in [6, 6.07) is 9.16. The Balaban J connectivity index is 0.00000176. The molecule has 0 radical (unpaired) electrons. The number of imidazole rings is 1. The fourth-order valence-electron chi connectivity index (χ4n) is 2.73. The number of H-pyrrole nitrogens is 1. The molecule has 0 unspecified atom stereocenters. The molecule has 0 aliphatic rings. The molecule has 2 aromatic heterocycles. The first kappa shape index (κ1) is 25.3. The first-order valence-electron chi connectivity index (χ1n) is 9.77. The third-order valence-electron chi connectivity index (χ3n) is 4.14. The molecule has 172 valence electrons. The molecule has 0 saturated carbocycles. The molecule has 0 aliphatic carbocycles. The van der Waals surface area contributed by atoms with Crippen LogP contribution in [0.4, 0.5) is 17.6 Å². The quantitative estimate of drug-likeness (QED) is 0.232. The summed E-state index contributed by atoms with van der Waals surface area (Å²) in [5, 5.41) is -0.149. The maximum Gasteiger partial charge on any atom is 0.573 e. The van der Waals surface area contributed by atoms with E-state index >= 15 is 0 Å². The summed E-state index contributed by atoms with van der Waals surface area (Å²) < 4.78 is 60.5. The lowest BCUT2D eigenvalue weighted by molar-refractivity contribution is -0.303. The number of aromatic amines is 1. The molecule has 0 fully saturated rings. The Morgan fingerprint density at radius 2 is 1.72 bits per heavy atom. The number of furan rings is 1. The minimum absolute atomic E-state index is 0.149. The fraction of sp³-hybridized carbons (Fsp3) is 0.261. The average Bonchev–Trinajstić information content (AvgIpc) is 3.36. The summed E-state index contributed by atoms with van der Waals surface area (Å²) in [6.07, 6.45) is -3.71. The normalized spacial score (nSPS) is 12.8. The van der Waals surface area contributed by atoms with Crippen LogP contribution in [0.15, 0.2) is 57.7 Å². The minimum atomic E-state index is -4.86. The van der Waals surface area contributed by atoms with E-state index in [9.17, 15) is 17.6 Å². The minimum Gasteiger partial charge on any atom is -0.453 e. The first-order chi connectivity index (χ1) is 15.0. The number of hydrogen-bond donors (Lipinski definition) is 1. The highest BCUT2D eigenvalue weighted by Crippen LogP contribution is 2.31. The second kappa shape index (κ2) is 10.5. The van der Waals surface area contributed by atoms with Crippen molar-refractivity contribution >= 4 is 17.2 Å². The predicted molar refractivity (Wildman–Crippen MR) is 117 cm³/mol. The van der Waals surface area contributed by atoms with E-state index in [2.05, 4.69) is 14.7 Å². The number of alkyl halides is 3. The predicted octanol–water partition coefficient (Wildman–Crippen LogP) is 8.22. The molecule has 9 heteroatoms. The zero-order valence-corrected chi connectivity index (χ0v) is 19.0. The van der Waals surface area contributed by atoms with Gasteiger partial charge in [0.05, 0.1) is 10.7 Å². The number of rotatable bonds is 5. The Labute approximate surface area is 188 Å². The molecule has 3 aromatic rings. The third kappa shape index (κ3) is 6.50. The van der Waals surface area contributed by atoms with Gasteiger partial charge in [0.2, 0.25) is 0 Å². The molecule has 1 N–H and O–H groups in total. The number of hydrogen-bond acceptors (Lipinski definition) is 3. The van der Waals surface area contributed by atoms with Crippen LogP contribution < -0.4 is 0 Å². The highest BCUT2D eigenvalue weighted by Gasteiger charge is 2.32. The Morgan fingerprint density at radius 1 is 1.09 bits per heavy atom. The van der Waals surface area contributed by atoms with Crippen molar-refractivity contribution in [2.24, 2.45) is 0 Å². The number of benzene rings is 1. The summed E-state index contributed by atoms with van der Waals surface area (Å²) in [5.74, 6) is 0.275. The maximum atomic E-state index is 13.2. The molecule has 4 nitrogen and oxygen atoms in total. The number of aryl methyl sites for hydroxylation is 1. The molecule has 32 heavy (non-hydrogen) atoms. The summed E-state index contributed by atoms with van der Waals surface area (Å²) in [5.41, 5.74) is 2.50. The number of aromatic nitrogens is 2. The van der Waals surface area contributed by atoms with Gasteiger partial charge in [-0.2, -0.15) is 0 Å². The SMILES string of the molecule is C/C(Cl)=C(\C=C(/C)c1ccc(-c2nc(-c3ccc(F)cc3)c(C)[nH]2)o1)OC(F)(F)F.CC. The van der Waals surface area contributed by atoms with Gasteiger partial charge >= 0.3 is 6.36 Å². The Kier molecular flexibility index (Phi) is 8.32. The molecule has 2 heterocycles. The van der Waals surface area contributed by atoms with Crippen molar-refractivity contribution in [3.05, 3.63) is 70.5 Å². The average molecular weight is 471 g/mol. The van der Waals surface area contributed by atoms with Crippen LogP contribution >= 0.6 is 11.6 Å². The van der Waals surface area contributed by atoms with Crippen LogP contribution in [0.25, 0.3) is 28.4 Å². The third-order valence-corrected chi connectivity index (χ3v) is 4.33. The van der Waals surface area contributed by atoms with E-state index < -0.39 is 12.1 Å². The Bertz CT molecular complexity index is 1110. The van der Waals surface area contributed by atoms with E-state index in [1.807, 2.05) is 20.8 Å². The van der Waals surface area contributed by atoms with Gasteiger partial charge in [0.25, 0.3) is 0 Å². The Hall–Kier alpha value is -3.00. The van der Waals surface area contributed by atoms with Crippen molar-refractivity contribution < 1.29 is 26.7 Å². The van der Waals surface area contributed by atoms with E-state index in [1.54, 1.807) is 31.2 Å². The Morgan fingerprint density at radius 3 is 2.28 bits per heavy atom. The van der Waals surface area contributed by atoms with Crippen LogP contribution in [-0.4, -0.2) is 16.3 Å². The van der Waals surface area contributed by atoms with Crippen LogP contribution in [-0.2, 0) is 4.74 Å². The highest BCUT2D eigenvalue weighted by atomic mass is 35.5. The van der Waals surface area contributed by atoms with E-state index in [-0.39, 0.29) is 10.8 Å². The van der Waals surface area contributed by atoms with Crippen LogP contribution in [0.1, 0.15) is 39.1 Å². The lowest BCUT2D eigenvalue weighted by atomic mass is 10.1. The van der Waals surface area contributed by atoms with Crippen molar-refractivity contribution in [1.82, 2.24) is 9.97 Å². The van der Waals surface area contributed by atoms with Gasteiger partial charge in [-0.05, 0) is 68.8 Å². The fourth-order valence-corrected chi connectivity index (χ4v) is 2.83. The molecule has 0 atom stereocenters. The largest absolute Gasteiger partial charge is 0.573 e. The second-order valence-corrected chi connectivity index (χ2v) is 7.07. The van der Waals surface area contributed by atoms with Gasteiger partial charge in [-0.3, -0.25) is 0 Å². The summed E-state index contributed by atoms with van der Waals surface area (Å²) in [4.78, 5) is 7.59. The monoisotopic (exact) mass is 470 g/mol. The van der Waals surface area contributed by atoms with Crippen LogP contribution in [0.5, 0.6) is 0 Å². The summed E-state index contributed by atoms with van der Waals surface area (Å²) in [6.45, 7) is 8.68. The molecule has 0 bridgehead atoms. The van der Waals surface area contributed by atoms with E-state index in [0.717, 1.165) is 17.3 Å². The zero-order chi connectivity index (χ0) is 24.1. The van der Waals surface area contributed by atoms with Gasteiger partial charge in [0.1, 0.15) is 17.3 Å². The van der Waals surface area contributed by atoms with Crippen molar-refractivity contribution in [2.45, 2.75) is 41.0 Å². The van der Waals surface area contributed by atoms with Crippen molar-refractivity contribution in [2.75, 3.05) is 0 Å². The van der Waals surface area contributed by atoms with Crippen molar-refractivity contribution in [3.63, 3.8) is 0 Å². The van der Waals surface area contributed by atoms with Crippen molar-refractivity contribution in [1.29, 1.82) is 0 Å². The molecular weight excluding hydrogens is 448 g/mol. The summed E-state index contributed by atoms with van der Waals surface area (Å²) >= 11 is 5.71. The van der Waals surface area contributed by atoms with Gasteiger partial charge in [0, 0.05) is 11.3 Å². The van der Waals surface area contributed by atoms with Gasteiger partial charge < -0.3 is 14.1 Å². The smallest absolute Gasteiger partial charge is 0.453 e. The highest BCUT2D eigenvalue weighted by molar-refractivity contribution is 6.29. The van der Waals surface area contributed by atoms with Gasteiger partial charge in [-0.25, -0.2) is 9.37 Å². The lowest BCUT2D eigenvalue weighted by Gasteiger charge is -2.11. The van der Waals surface area contributed by atoms with Gasteiger partial charge in [0.15, 0.2) is 11.6 Å². The lowest BCUT2D eigenvalue weighted by Crippen LogP contribution is -2.12. The molecule has 0 amide bonds. The number of nitrogens with one attached hydrogen (secondary N) is 1.